The van der Waals surface area contributed by atoms with E-state index in [1.807, 2.05) is 32.0 Å². The lowest BCUT2D eigenvalue weighted by molar-refractivity contribution is -0.117. The summed E-state index contributed by atoms with van der Waals surface area (Å²) in [7, 11) is 0. The molecule has 106 valence electrons. The molecule has 1 amide bonds. The zero-order valence-electron chi connectivity index (χ0n) is 11.6. The molecule has 1 atom stereocenters. The number of rotatable bonds is 6. The van der Waals surface area contributed by atoms with Crippen molar-refractivity contribution in [3.8, 4) is 6.07 Å². The van der Waals surface area contributed by atoms with E-state index >= 15 is 0 Å². The van der Waals surface area contributed by atoms with Gasteiger partial charge in [0.1, 0.15) is 11.6 Å². The van der Waals surface area contributed by atoms with Gasteiger partial charge in [-0.25, -0.2) is 0 Å². The van der Waals surface area contributed by atoms with Gasteiger partial charge in [0, 0.05) is 23.8 Å². The van der Waals surface area contributed by atoms with Crippen LogP contribution in [0.1, 0.15) is 25.8 Å². The van der Waals surface area contributed by atoms with E-state index in [1.165, 1.54) is 6.20 Å². The molecule has 20 heavy (non-hydrogen) atoms. The van der Waals surface area contributed by atoms with Gasteiger partial charge in [-0.15, -0.1) is 0 Å². The SMILES string of the molecule is CCC(C)NC(=O)/C(C#N)=C\NCc1ccc(Cl)cc1. The highest BCUT2D eigenvalue weighted by Gasteiger charge is 2.10. The Morgan fingerprint density at radius 1 is 1.45 bits per heavy atom. The van der Waals surface area contributed by atoms with Gasteiger partial charge in [0.15, 0.2) is 0 Å². The normalized spacial score (nSPS) is 12.4. The largest absolute Gasteiger partial charge is 0.386 e. The van der Waals surface area contributed by atoms with Crippen LogP contribution in [0.3, 0.4) is 0 Å². The monoisotopic (exact) mass is 291 g/mol. The lowest BCUT2D eigenvalue weighted by atomic mass is 10.2. The van der Waals surface area contributed by atoms with Crippen LogP contribution in [0.15, 0.2) is 36.0 Å². The molecule has 5 heteroatoms. The maximum absolute atomic E-state index is 11.8. The van der Waals surface area contributed by atoms with Crippen molar-refractivity contribution >= 4 is 17.5 Å². The van der Waals surface area contributed by atoms with E-state index in [0.717, 1.165) is 12.0 Å². The predicted molar refractivity (Wildman–Crippen MR) is 79.9 cm³/mol. The Bertz CT molecular complexity index is 517. The maximum atomic E-state index is 11.8. The lowest BCUT2D eigenvalue weighted by Gasteiger charge is -2.10. The van der Waals surface area contributed by atoms with Crippen molar-refractivity contribution in [2.45, 2.75) is 32.9 Å². The first-order chi connectivity index (χ1) is 9.56. The number of hydrogen-bond donors (Lipinski definition) is 2. The molecule has 0 aromatic heterocycles. The Kier molecular flexibility index (Phi) is 6.61. The Morgan fingerprint density at radius 2 is 2.10 bits per heavy atom. The van der Waals surface area contributed by atoms with Crippen molar-refractivity contribution in [3.63, 3.8) is 0 Å². The number of benzene rings is 1. The van der Waals surface area contributed by atoms with Crippen molar-refractivity contribution in [2.24, 2.45) is 0 Å². The van der Waals surface area contributed by atoms with Crippen LogP contribution in [-0.2, 0) is 11.3 Å². The summed E-state index contributed by atoms with van der Waals surface area (Å²) in [5.41, 5.74) is 1.09. The van der Waals surface area contributed by atoms with Crippen LogP contribution >= 0.6 is 11.6 Å². The summed E-state index contributed by atoms with van der Waals surface area (Å²) in [4.78, 5) is 11.8. The summed E-state index contributed by atoms with van der Waals surface area (Å²) in [5, 5.41) is 15.4. The van der Waals surface area contributed by atoms with E-state index < -0.39 is 0 Å². The average molecular weight is 292 g/mol. The van der Waals surface area contributed by atoms with Gasteiger partial charge in [-0.2, -0.15) is 5.26 Å². The van der Waals surface area contributed by atoms with Gasteiger partial charge in [0.05, 0.1) is 0 Å². The van der Waals surface area contributed by atoms with Gasteiger partial charge < -0.3 is 10.6 Å². The molecule has 0 saturated carbocycles. The molecular formula is C15H18ClN3O. The molecule has 1 rings (SSSR count). The summed E-state index contributed by atoms with van der Waals surface area (Å²) in [6.45, 7) is 4.40. The molecule has 1 unspecified atom stereocenters. The fourth-order valence-electron chi connectivity index (χ4n) is 1.43. The number of nitriles is 1. The van der Waals surface area contributed by atoms with Crippen LogP contribution in [0.5, 0.6) is 0 Å². The topological polar surface area (TPSA) is 64.9 Å². The van der Waals surface area contributed by atoms with E-state index in [-0.39, 0.29) is 17.5 Å². The number of carbonyl (C=O) groups is 1. The summed E-state index contributed by atoms with van der Waals surface area (Å²) < 4.78 is 0. The minimum Gasteiger partial charge on any atom is -0.386 e. The van der Waals surface area contributed by atoms with Crippen LogP contribution in [0.4, 0.5) is 0 Å². The van der Waals surface area contributed by atoms with Crippen molar-refractivity contribution < 1.29 is 4.79 Å². The van der Waals surface area contributed by atoms with Gasteiger partial charge in [0.25, 0.3) is 5.91 Å². The molecule has 0 spiro atoms. The van der Waals surface area contributed by atoms with Crippen LogP contribution in [0, 0.1) is 11.3 Å². The number of amides is 1. The van der Waals surface area contributed by atoms with Gasteiger partial charge in [0.2, 0.25) is 0 Å². The first-order valence-electron chi connectivity index (χ1n) is 6.45. The van der Waals surface area contributed by atoms with E-state index in [4.69, 9.17) is 16.9 Å². The first-order valence-corrected chi connectivity index (χ1v) is 6.83. The van der Waals surface area contributed by atoms with Gasteiger partial charge >= 0.3 is 0 Å². The fraction of sp³-hybridized carbons (Fsp3) is 0.333. The van der Waals surface area contributed by atoms with Crippen molar-refractivity contribution in [1.29, 1.82) is 5.26 Å². The zero-order valence-corrected chi connectivity index (χ0v) is 12.4. The van der Waals surface area contributed by atoms with Crippen molar-refractivity contribution in [2.75, 3.05) is 0 Å². The minimum absolute atomic E-state index is 0.0514. The summed E-state index contributed by atoms with van der Waals surface area (Å²) >= 11 is 5.79. The average Bonchev–Trinajstić information content (AvgIpc) is 2.45. The van der Waals surface area contributed by atoms with Crippen LogP contribution < -0.4 is 10.6 Å². The molecule has 2 N–H and O–H groups in total. The number of hydrogen-bond acceptors (Lipinski definition) is 3. The molecular weight excluding hydrogens is 274 g/mol. The Balaban J connectivity index is 2.55. The second-order valence-electron chi connectivity index (χ2n) is 4.46. The predicted octanol–water partition coefficient (Wildman–Crippen LogP) is 2.75. The fourth-order valence-corrected chi connectivity index (χ4v) is 1.55. The second-order valence-corrected chi connectivity index (χ2v) is 4.90. The molecule has 1 aromatic carbocycles. The molecule has 0 aliphatic rings. The van der Waals surface area contributed by atoms with Crippen molar-refractivity contribution in [3.05, 3.63) is 46.6 Å². The van der Waals surface area contributed by atoms with Crippen LogP contribution in [-0.4, -0.2) is 11.9 Å². The van der Waals surface area contributed by atoms with Gasteiger partial charge in [-0.05, 0) is 31.0 Å². The highest BCUT2D eigenvalue weighted by molar-refractivity contribution is 6.30. The standard InChI is InChI=1S/C15H18ClN3O/c1-3-11(2)19-15(20)13(8-17)10-18-9-12-4-6-14(16)7-5-12/h4-7,10-11,18H,3,9H2,1-2H3,(H,19,20)/b13-10-. The Morgan fingerprint density at radius 3 is 2.65 bits per heavy atom. The molecule has 0 saturated heterocycles. The number of nitrogens with one attached hydrogen (secondary N) is 2. The smallest absolute Gasteiger partial charge is 0.263 e. The van der Waals surface area contributed by atoms with Crippen molar-refractivity contribution in [1.82, 2.24) is 10.6 Å². The molecule has 0 heterocycles. The molecule has 0 bridgehead atoms. The number of carbonyl (C=O) groups excluding carboxylic acids is 1. The quantitative estimate of drug-likeness (QED) is 0.626. The van der Waals surface area contributed by atoms with E-state index in [2.05, 4.69) is 10.6 Å². The van der Waals surface area contributed by atoms with Crippen LogP contribution in [0.2, 0.25) is 5.02 Å². The zero-order chi connectivity index (χ0) is 15.0. The highest BCUT2D eigenvalue weighted by atomic mass is 35.5. The van der Waals surface area contributed by atoms with E-state index in [1.54, 1.807) is 12.1 Å². The van der Waals surface area contributed by atoms with E-state index in [0.29, 0.717) is 11.6 Å². The maximum Gasteiger partial charge on any atom is 0.263 e. The van der Waals surface area contributed by atoms with Gasteiger partial charge in [-0.3, -0.25) is 4.79 Å². The third-order valence-electron chi connectivity index (χ3n) is 2.82. The second kappa shape index (κ2) is 8.23. The van der Waals surface area contributed by atoms with Gasteiger partial charge in [-0.1, -0.05) is 30.7 Å². The Hall–Kier alpha value is -1.99. The van der Waals surface area contributed by atoms with Crippen LogP contribution in [0.25, 0.3) is 0 Å². The van der Waals surface area contributed by atoms with E-state index in [9.17, 15) is 4.79 Å². The number of nitrogens with zero attached hydrogens (tertiary/aromatic N) is 1. The summed E-state index contributed by atoms with van der Waals surface area (Å²) in [6, 6.07) is 9.30. The molecule has 1 aromatic rings. The number of halogens is 1. The molecule has 4 nitrogen and oxygen atoms in total. The Labute approximate surface area is 124 Å². The molecule has 0 aliphatic heterocycles. The first kappa shape index (κ1) is 16.1. The highest BCUT2D eigenvalue weighted by Crippen LogP contribution is 2.09. The molecule has 0 fully saturated rings. The third-order valence-corrected chi connectivity index (χ3v) is 3.07. The minimum atomic E-state index is -0.356. The molecule has 0 aliphatic carbocycles. The lowest BCUT2D eigenvalue weighted by Crippen LogP contribution is -2.33. The third kappa shape index (κ3) is 5.33. The summed E-state index contributed by atoms with van der Waals surface area (Å²) in [5.74, 6) is -0.356. The molecule has 0 radical (unpaired) electrons. The summed E-state index contributed by atoms with van der Waals surface area (Å²) in [6.07, 6.45) is 2.26.